The molecule has 3 N–H and O–H groups in total. The highest BCUT2D eigenvalue weighted by atomic mass is 35.5. The van der Waals surface area contributed by atoms with Gasteiger partial charge in [0.1, 0.15) is 24.3 Å². The molecule has 8 nitrogen and oxygen atoms in total. The van der Waals surface area contributed by atoms with Crippen molar-refractivity contribution in [2.75, 3.05) is 38.7 Å². The molecule has 1 atom stereocenters. The molecule has 0 fully saturated rings. The maximum atomic E-state index is 12.0. The number of benzene rings is 1. The van der Waals surface area contributed by atoms with Crippen LogP contribution in [0.25, 0.3) is 0 Å². The van der Waals surface area contributed by atoms with Crippen LogP contribution in [0.1, 0.15) is 19.4 Å². The summed E-state index contributed by atoms with van der Waals surface area (Å²) in [6, 6.07) is 8.60. The van der Waals surface area contributed by atoms with Gasteiger partial charge in [0, 0.05) is 18.5 Å². The summed E-state index contributed by atoms with van der Waals surface area (Å²) >= 11 is 5.63. The Bertz CT molecular complexity index is 688. The van der Waals surface area contributed by atoms with Crippen LogP contribution in [-0.2, 0) is 9.59 Å². The van der Waals surface area contributed by atoms with Crippen molar-refractivity contribution >= 4 is 23.4 Å². The Hall–Kier alpha value is -2.34. The molecule has 0 saturated heterocycles. The first-order valence-electron chi connectivity index (χ1n) is 8.78. The number of carbonyl (C=O) groups excluding carboxylic acids is 2. The van der Waals surface area contributed by atoms with Crippen LogP contribution < -0.4 is 10.1 Å². The molecule has 0 radical (unpaired) electrons. The molecule has 154 valence electrons. The number of hydrogen-bond donors (Lipinski definition) is 3. The molecule has 28 heavy (non-hydrogen) atoms. The summed E-state index contributed by atoms with van der Waals surface area (Å²) in [6.07, 6.45) is -1.37. The third kappa shape index (κ3) is 7.35. The molecule has 0 heterocycles. The summed E-state index contributed by atoms with van der Waals surface area (Å²) < 4.78 is 5.55. The lowest BCUT2D eigenvalue weighted by molar-refractivity contribution is -0.137. The highest BCUT2D eigenvalue weighted by Crippen LogP contribution is 2.19. The summed E-state index contributed by atoms with van der Waals surface area (Å²) in [5.41, 5.74) is -0.446. The second-order valence-corrected chi connectivity index (χ2v) is 7.11. The Balaban J connectivity index is 2.49. The predicted molar refractivity (Wildman–Crippen MR) is 104 cm³/mol. The van der Waals surface area contributed by atoms with Crippen molar-refractivity contribution in [2.24, 2.45) is 5.41 Å². The first-order valence-corrected chi connectivity index (χ1v) is 9.32. The van der Waals surface area contributed by atoms with Gasteiger partial charge in [0.05, 0.1) is 24.8 Å². The molecule has 0 aromatic heterocycles. The topological polar surface area (TPSA) is 123 Å². The molecule has 1 rings (SSSR count). The summed E-state index contributed by atoms with van der Waals surface area (Å²) in [7, 11) is 0. The maximum Gasteiger partial charge on any atom is 0.249 e. The molecular formula is C19H26ClN3O5. The minimum Gasteiger partial charge on any atom is -0.492 e. The standard InChI is InChI=1S/C19H26ClN3O5/c1-19(2,13-24)17(26)18(27)22-7-8-23(16(25)11-20)9-10-28-15-5-3-14(12-21)4-6-15/h3-6,17,24,26H,7-11,13H2,1-2H3,(H,22,27). The summed E-state index contributed by atoms with van der Waals surface area (Å²) in [5.74, 6) is -0.563. The second kappa shape index (κ2) is 11.5. The van der Waals surface area contributed by atoms with Crippen LogP contribution in [0.2, 0.25) is 0 Å². The lowest BCUT2D eigenvalue weighted by atomic mass is 9.87. The van der Waals surface area contributed by atoms with Gasteiger partial charge in [0.25, 0.3) is 0 Å². The fourth-order valence-corrected chi connectivity index (χ4v) is 2.37. The Morgan fingerprint density at radius 2 is 1.96 bits per heavy atom. The number of amides is 2. The van der Waals surface area contributed by atoms with Crippen molar-refractivity contribution in [1.29, 1.82) is 5.26 Å². The van der Waals surface area contributed by atoms with Crippen LogP contribution in [-0.4, -0.2) is 71.8 Å². The average molecular weight is 412 g/mol. The van der Waals surface area contributed by atoms with Gasteiger partial charge in [0.15, 0.2) is 0 Å². The SMILES string of the molecule is CC(C)(CO)C(O)C(=O)NCCN(CCOc1ccc(C#N)cc1)C(=O)CCl. The quantitative estimate of drug-likeness (QED) is 0.456. The van der Waals surface area contributed by atoms with Gasteiger partial charge in [-0.25, -0.2) is 0 Å². The molecule has 0 spiro atoms. The van der Waals surface area contributed by atoms with Gasteiger partial charge >= 0.3 is 0 Å². The van der Waals surface area contributed by atoms with E-state index in [2.05, 4.69) is 5.32 Å². The number of aliphatic hydroxyl groups is 2. The van der Waals surface area contributed by atoms with Crippen LogP contribution >= 0.6 is 11.6 Å². The molecule has 0 aliphatic carbocycles. The first-order chi connectivity index (χ1) is 13.2. The largest absolute Gasteiger partial charge is 0.492 e. The normalized spacial score (nSPS) is 12.0. The molecule has 9 heteroatoms. The van der Waals surface area contributed by atoms with Crippen LogP contribution in [0.3, 0.4) is 0 Å². The van der Waals surface area contributed by atoms with Crippen molar-refractivity contribution in [3.8, 4) is 11.8 Å². The second-order valence-electron chi connectivity index (χ2n) is 6.84. The molecule has 2 amide bonds. The number of alkyl halides is 1. The van der Waals surface area contributed by atoms with Gasteiger partial charge in [0.2, 0.25) is 11.8 Å². The molecule has 0 aliphatic heterocycles. The van der Waals surface area contributed by atoms with Crippen LogP contribution in [0.15, 0.2) is 24.3 Å². The van der Waals surface area contributed by atoms with Gasteiger partial charge in [-0.05, 0) is 24.3 Å². The van der Waals surface area contributed by atoms with Crippen LogP contribution in [0, 0.1) is 16.7 Å². The number of nitrogens with one attached hydrogen (secondary N) is 1. The Morgan fingerprint density at radius 3 is 2.50 bits per heavy atom. The fraction of sp³-hybridized carbons (Fsp3) is 0.526. The van der Waals surface area contributed by atoms with Gasteiger partial charge in [-0.2, -0.15) is 5.26 Å². The van der Waals surface area contributed by atoms with Crippen molar-refractivity contribution in [3.63, 3.8) is 0 Å². The predicted octanol–water partition coefficient (Wildman–Crippen LogP) is 0.500. The molecule has 1 aromatic carbocycles. The lowest BCUT2D eigenvalue weighted by Gasteiger charge is -2.28. The third-order valence-electron chi connectivity index (χ3n) is 4.16. The lowest BCUT2D eigenvalue weighted by Crippen LogP contribution is -2.48. The number of nitrogens with zero attached hydrogens (tertiary/aromatic N) is 2. The summed E-state index contributed by atoms with van der Waals surface area (Å²) in [4.78, 5) is 25.4. The minimum atomic E-state index is -1.37. The maximum absolute atomic E-state index is 12.0. The van der Waals surface area contributed by atoms with Gasteiger partial charge in [-0.1, -0.05) is 13.8 Å². The molecule has 0 aliphatic rings. The highest BCUT2D eigenvalue weighted by molar-refractivity contribution is 6.27. The van der Waals surface area contributed by atoms with Gasteiger partial charge in [-0.3, -0.25) is 9.59 Å². The van der Waals surface area contributed by atoms with E-state index in [4.69, 9.17) is 21.6 Å². The number of hydrogen-bond acceptors (Lipinski definition) is 6. The first kappa shape index (κ1) is 23.7. The van der Waals surface area contributed by atoms with E-state index in [1.165, 1.54) is 4.90 Å². The number of carbonyl (C=O) groups is 2. The van der Waals surface area contributed by atoms with Crippen molar-refractivity contribution in [2.45, 2.75) is 20.0 Å². The molecule has 1 unspecified atom stereocenters. The summed E-state index contributed by atoms with van der Waals surface area (Å²) in [6.45, 7) is 3.58. The van der Waals surface area contributed by atoms with E-state index in [9.17, 15) is 19.8 Å². The van der Waals surface area contributed by atoms with Gasteiger partial charge < -0.3 is 25.2 Å². The van der Waals surface area contributed by atoms with E-state index in [1.54, 1.807) is 38.1 Å². The van der Waals surface area contributed by atoms with E-state index >= 15 is 0 Å². The molecular weight excluding hydrogens is 386 g/mol. The van der Waals surface area contributed by atoms with Gasteiger partial charge in [-0.15, -0.1) is 11.6 Å². The fourth-order valence-electron chi connectivity index (χ4n) is 2.20. The highest BCUT2D eigenvalue weighted by Gasteiger charge is 2.32. The number of nitriles is 1. The van der Waals surface area contributed by atoms with E-state index in [1.807, 2.05) is 6.07 Å². The Morgan fingerprint density at radius 1 is 1.32 bits per heavy atom. The Kier molecular flexibility index (Phi) is 9.73. The van der Waals surface area contributed by atoms with Crippen LogP contribution in [0.5, 0.6) is 5.75 Å². The molecule has 1 aromatic rings. The number of ether oxygens (including phenoxy) is 1. The van der Waals surface area contributed by atoms with Crippen molar-refractivity contribution in [1.82, 2.24) is 10.2 Å². The third-order valence-corrected chi connectivity index (χ3v) is 4.39. The smallest absolute Gasteiger partial charge is 0.249 e. The van der Waals surface area contributed by atoms with E-state index in [-0.39, 0.29) is 44.6 Å². The van der Waals surface area contributed by atoms with Crippen molar-refractivity contribution < 1.29 is 24.5 Å². The zero-order valence-electron chi connectivity index (χ0n) is 16.0. The minimum absolute atomic E-state index is 0.122. The summed E-state index contributed by atoms with van der Waals surface area (Å²) in [5, 5.41) is 30.5. The zero-order valence-corrected chi connectivity index (χ0v) is 16.8. The van der Waals surface area contributed by atoms with E-state index in [0.29, 0.717) is 11.3 Å². The van der Waals surface area contributed by atoms with E-state index in [0.717, 1.165) is 0 Å². The average Bonchev–Trinajstić information content (AvgIpc) is 2.71. The molecule has 0 bridgehead atoms. The zero-order chi connectivity index (χ0) is 21.2. The molecule has 0 saturated carbocycles. The number of aliphatic hydroxyl groups excluding tert-OH is 2. The number of halogens is 1. The van der Waals surface area contributed by atoms with E-state index < -0.39 is 17.4 Å². The van der Waals surface area contributed by atoms with Crippen molar-refractivity contribution in [3.05, 3.63) is 29.8 Å². The Labute approximate surface area is 169 Å². The monoisotopic (exact) mass is 411 g/mol. The number of rotatable bonds is 11. The van der Waals surface area contributed by atoms with Crippen LogP contribution in [0.4, 0.5) is 0 Å².